The van der Waals surface area contributed by atoms with Crippen LogP contribution >= 0.6 is 0 Å². The second-order valence-electron chi connectivity index (χ2n) is 3.66. The number of halogens is 1. The van der Waals surface area contributed by atoms with Crippen LogP contribution in [0.4, 0.5) is 4.39 Å². The van der Waals surface area contributed by atoms with Crippen LogP contribution in [0, 0.1) is 5.82 Å². The third-order valence-corrected chi connectivity index (χ3v) is 4.32. The van der Waals surface area contributed by atoms with Gasteiger partial charge < -0.3 is 5.73 Å². The molecule has 0 heterocycles. The lowest BCUT2D eigenvalue weighted by molar-refractivity contribution is 0.423. The van der Waals surface area contributed by atoms with E-state index in [0.717, 1.165) is 5.56 Å². The number of nitrogens with two attached hydrogens (primary N) is 1. The maximum absolute atomic E-state index is 12.7. The minimum atomic E-state index is -3.32. The first kappa shape index (κ1) is 14.1. The monoisotopic (exact) mass is 260 g/mol. The highest BCUT2D eigenvalue weighted by atomic mass is 32.2. The van der Waals surface area contributed by atoms with E-state index >= 15 is 0 Å². The van der Waals surface area contributed by atoms with Crippen LogP contribution < -0.4 is 5.73 Å². The molecule has 0 aliphatic rings. The maximum atomic E-state index is 12.7. The van der Waals surface area contributed by atoms with Crippen LogP contribution in [-0.4, -0.2) is 31.6 Å². The zero-order valence-corrected chi connectivity index (χ0v) is 10.6. The number of hydrogen-bond acceptors (Lipinski definition) is 3. The van der Waals surface area contributed by atoms with Gasteiger partial charge in [-0.05, 0) is 17.7 Å². The van der Waals surface area contributed by atoms with Gasteiger partial charge >= 0.3 is 0 Å². The Labute approximate surface area is 101 Å². The van der Waals surface area contributed by atoms with Crippen molar-refractivity contribution >= 4 is 10.0 Å². The first-order chi connectivity index (χ1) is 7.99. The second kappa shape index (κ2) is 6.09. The highest BCUT2D eigenvalue weighted by Crippen LogP contribution is 2.10. The average Bonchev–Trinajstić information content (AvgIpc) is 2.28. The Bertz CT molecular complexity index is 445. The Hall–Kier alpha value is -0.980. The van der Waals surface area contributed by atoms with Crippen LogP contribution in [0.3, 0.4) is 0 Å². The molecule has 0 saturated heterocycles. The van der Waals surface area contributed by atoms with Crippen LogP contribution in [0.2, 0.25) is 0 Å². The van der Waals surface area contributed by atoms with E-state index in [1.807, 2.05) is 0 Å². The fourth-order valence-corrected chi connectivity index (χ4v) is 2.77. The molecule has 0 aliphatic carbocycles. The highest BCUT2D eigenvalue weighted by Gasteiger charge is 2.19. The molecule has 0 aliphatic heterocycles. The SMILES string of the molecule is CCN(Cc1ccc(F)cc1)S(=O)(=O)CCN. The van der Waals surface area contributed by atoms with E-state index in [2.05, 4.69) is 0 Å². The molecule has 2 N–H and O–H groups in total. The summed E-state index contributed by atoms with van der Waals surface area (Å²) in [5, 5.41) is 0. The van der Waals surface area contributed by atoms with Gasteiger partial charge in [0.1, 0.15) is 5.82 Å². The van der Waals surface area contributed by atoms with Crippen molar-refractivity contribution in [3.63, 3.8) is 0 Å². The van der Waals surface area contributed by atoms with E-state index in [-0.39, 0.29) is 24.7 Å². The summed E-state index contributed by atoms with van der Waals surface area (Å²) in [4.78, 5) is 0. The first-order valence-electron chi connectivity index (χ1n) is 5.42. The molecule has 0 amide bonds. The van der Waals surface area contributed by atoms with Crippen molar-refractivity contribution in [2.24, 2.45) is 5.73 Å². The van der Waals surface area contributed by atoms with Crippen molar-refractivity contribution in [1.29, 1.82) is 0 Å². The molecule has 1 rings (SSSR count). The van der Waals surface area contributed by atoms with Crippen molar-refractivity contribution in [1.82, 2.24) is 4.31 Å². The second-order valence-corrected chi connectivity index (χ2v) is 5.75. The fourth-order valence-electron chi connectivity index (χ4n) is 1.48. The van der Waals surface area contributed by atoms with Crippen LogP contribution in [0.1, 0.15) is 12.5 Å². The molecule has 0 saturated carbocycles. The molecule has 4 nitrogen and oxygen atoms in total. The summed E-state index contributed by atoms with van der Waals surface area (Å²) in [5.74, 6) is -0.399. The average molecular weight is 260 g/mol. The Morgan fingerprint density at radius 3 is 2.35 bits per heavy atom. The molecule has 0 fully saturated rings. The minimum Gasteiger partial charge on any atom is -0.329 e. The van der Waals surface area contributed by atoms with Gasteiger partial charge in [0, 0.05) is 19.6 Å². The molecule has 17 heavy (non-hydrogen) atoms. The van der Waals surface area contributed by atoms with E-state index in [4.69, 9.17) is 5.73 Å². The number of sulfonamides is 1. The van der Waals surface area contributed by atoms with Crippen molar-refractivity contribution in [2.45, 2.75) is 13.5 Å². The van der Waals surface area contributed by atoms with Gasteiger partial charge in [-0.3, -0.25) is 0 Å². The molecule has 0 spiro atoms. The van der Waals surface area contributed by atoms with Crippen molar-refractivity contribution in [2.75, 3.05) is 18.8 Å². The topological polar surface area (TPSA) is 63.4 Å². The molecule has 0 radical (unpaired) electrons. The maximum Gasteiger partial charge on any atom is 0.215 e. The third kappa shape index (κ3) is 4.07. The van der Waals surface area contributed by atoms with E-state index in [0.29, 0.717) is 6.54 Å². The fraction of sp³-hybridized carbons (Fsp3) is 0.455. The molecule has 0 atom stereocenters. The van der Waals surface area contributed by atoms with E-state index in [1.54, 1.807) is 19.1 Å². The lowest BCUT2D eigenvalue weighted by atomic mass is 10.2. The Morgan fingerprint density at radius 1 is 1.29 bits per heavy atom. The largest absolute Gasteiger partial charge is 0.329 e. The van der Waals surface area contributed by atoms with Gasteiger partial charge in [0.25, 0.3) is 0 Å². The summed E-state index contributed by atoms with van der Waals surface area (Å²) in [6.45, 7) is 2.48. The van der Waals surface area contributed by atoms with Crippen LogP contribution in [0.15, 0.2) is 24.3 Å². The van der Waals surface area contributed by atoms with Gasteiger partial charge in [0.05, 0.1) is 5.75 Å². The highest BCUT2D eigenvalue weighted by molar-refractivity contribution is 7.89. The molecule has 96 valence electrons. The number of nitrogens with zero attached hydrogens (tertiary/aromatic N) is 1. The standard InChI is InChI=1S/C11H17FN2O2S/c1-2-14(17(15,16)8-7-13)9-10-3-5-11(12)6-4-10/h3-6H,2,7-9,13H2,1H3. The predicted octanol–water partition coefficient (Wildman–Crippen LogP) is 0.936. The van der Waals surface area contributed by atoms with E-state index < -0.39 is 10.0 Å². The predicted molar refractivity (Wildman–Crippen MR) is 65.3 cm³/mol. The Kier molecular flexibility index (Phi) is 5.04. The summed E-state index contributed by atoms with van der Waals surface area (Å²) in [5.41, 5.74) is 6.02. The number of rotatable bonds is 6. The zero-order chi connectivity index (χ0) is 12.9. The van der Waals surface area contributed by atoms with E-state index in [9.17, 15) is 12.8 Å². The molecule has 0 bridgehead atoms. The lowest BCUT2D eigenvalue weighted by Gasteiger charge is -2.20. The quantitative estimate of drug-likeness (QED) is 0.828. The Balaban J connectivity index is 2.80. The van der Waals surface area contributed by atoms with Gasteiger partial charge in [0.15, 0.2) is 0 Å². The summed E-state index contributed by atoms with van der Waals surface area (Å²) < 4.78 is 37.7. The van der Waals surface area contributed by atoms with Crippen LogP contribution in [0.5, 0.6) is 0 Å². The normalized spacial score (nSPS) is 12.0. The smallest absolute Gasteiger partial charge is 0.215 e. The summed E-state index contributed by atoms with van der Waals surface area (Å²) in [6, 6.07) is 5.80. The van der Waals surface area contributed by atoms with Gasteiger partial charge in [-0.25, -0.2) is 12.8 Å². The van der Waals surface area contributed by atoms with Crippen molar-refractivity contribution in [3.8, 4) is 0 Å². The third-order valence-electron chi connectivity index (χ3n) is 2.39. The molecule has 1 aromatic carbocycles. The molecule has 0 aromatic heterocycles. The molecular weight excluding hydrogens is 243 g/mol. The molecule has 0 unspecified atom stereocenters. The lowest BCUT2D eigenvalue weighted by Crippen LogP contribution is -2.34. The van der Waals surface area contributed by atoms with Crippen LogP contribution in [-0.2, 0) is 16.6 Å². The zero-order valence-electron chi connectivity index (χ0n) is 9.77. The van der Waals surface area contributed by atoms with Gasteiger partial charge in [0.2, 0.25) is 10.0 Å². The number of hydrogen-bond donors (Lipinski definition) is 1. The van der Waals surface area contributed by atoms with Crippen molar-refractivity contribution < 1.29 is 12.8 Å². The van der Waals surface area contributed by atoms with Gasteiger partial charge in [-0.15, -0.1) is 0 Å². The van der Waals surface area contributed by atoms with Crippen LogP contribution in [0.25, 0.3) is 0 Å². The minimum absolute atomic E-state index is 0.0674. The number of benzene rings is 1. The Morgan fingerprint density at radius 2 is 1.88 bits per heavy atom. The van der Waals surface area contributed by atoms with Crippen molar-refractivity contribution in [3.05, 3.63) is 35.6 Å². The first-order valence-corrected chi connectivity index (χ1v) is 7.03. The summed E-state index contributed by atoms with van der Waals surface area (Å²) in [7, 11) is -3.32. The van der Waals surface area contributed by atoms with Gasteiger partial charge in [-0.1, -0.05) is 19.1 Å². The molecule has 1 aromatic rings. The summed E-state index contributed by atoms with van der Waals surface area (Å²) in [6.07, 6.45) is 0. The summed E-state index contributed by atoms with van der Waals surface area (Å²) >= 11 is 0. The van der Waals surface area contributed by atoms with E-state index in [1.165, 1.54) is 16.4 Å². The molecular formula is C11H17FN2O2S. The molecule has 6 heteroatoms. The van der Waals surface area contributed by atoms with Gasteiger partial charge in [-0.2, -0.15) is 4.31 Å².